The first kappa shape index (κ1) is 40.8. The Balaban J connectivity index is 1.67. The van der Waals surface area contributed by atoms with Crippen molar-refractivity contribution in [2.24, 2.45) is 16.5 Å². The lowest BCUT2D eigenvalue weighted by molar-refractivity contribution is -0.335. The van der Waals surface area contributed by atoms with E-state index in [0.717, 1.165) is 31.3 Å². The molecule has 0 aromatic carbocycles. The van der Waals surface area contributed by atoms with Crippen LogP contribution in [0.4, 0.5) is 0 Å². The highest BCUT2D eigenvalue weighted by atomic mass is 16.7. The number of nitrogens with zero attached hydrogens (tertiary/aromatic N) is 1. The van der Waals surface area contributed by atoms with Gasteiger partial charge in [-0.2, -0.15) is 0 Å². The van der Waals surface area contributed by atoms with Crippen molar-refractivity contribution in [3.63, 3.8) is 0 Å². The van der Waals surface area contributed by atoms with Crippen molar-refractivity contribution < 1.29 is 59.8 Å². The highest BCUT2D eigenvalue weighted by Gasteiger charge is 2.52. The van der Waals surface area contributed by atoms with Crippen LogP contribution in [0.3, 0.4) is 0 Å². The SMILES string of the molecule is CC(C)=CCC/C(C)=C/CC/C(C)=C/C=N/C1C(O)C(CO)OC(OC2C(N)CC(N)[C@H](OC3OC(CO)C(O)C(O)C3O)C2O)C1O. The Morgan fingerprint density at radius 1 is 0.688 bits per heavy atom. The van der Waals surface area contributed by atoms with Gasteiger partial charge in [-0.25, -0.2) is 0 Å². The summed E-state index contributed by atoms with van der Waals surface area (Å²) < 4.78 is 22.8. The molecule has 0 spiro atoms. The summed E-state index contributed by atoms with van der Waals surface area (Å²) in [5, 5.41) is 83.3. The first-order valence-corrected chi connectivity index (χ1v) is 16.6. The largest absolute Gasteiger partial charge is 0.394 e. The van der Waals surface area contributed by atoms with Gasteiger partial charge in [0.2, 0.25) is 0 Å². The van der Waals surface area contributed by atoms with Gasteiger partial charge in [-0.1, -0.05) is 28.9 Å². The molecule has 3 rings (SSSR count). The van der Waals surface area contributed by atoms with Gasteiger partial charge in [0.1, 0.15) is 67.1 Å². The van der Waals surface area contributed by atoms with E-state index in [0.29, 0.717) is 0 Å². The molecule has 15 atom stereocenters. The summed E-state index contributed by atoms with van der Waals surface area (Å²) in [6, 6.07) is -2.92. The number of nitrogens with two attached hydrogens (primary N) is 2. The van der Waals surface area contributed by atoms with E-state index in [1.807, 2.05) is 6.92 Å². The van der Waals surface area contributed by atoms with Crippen LogP contribution in [0, 0.1) is 0 Å². The molecule has 1 aliphatic carbocycles. The van der Waals surface area contributed by atoms with Gasteiger partial charge in [0.05, 0.1) is 13.2 Å². The Labute approximate surface area is 282 Å². The molecule has 15 heteroatoms. The molecule has 2 saturated heterocycles. The lowest BCUT2D eigenvalue weighted by Gasteiger charge is -2.48. The van der Waals surface area contributed by atoms with Crippen LogP contribution in [0.2, 0.25) is 0 Å². The molecule has 0 radical (unpaired) electrons. The molecule has 48 heavy (non-hydrogen) atoms. The fourth-order valence-electron chi connectivity index (χ4n) is 6.07. The number of aliphatic hydroxyl groups excluding tert-OH is 8. The molecule has 1 saturated carbocycles. The van der Waals surface area contributed by atoms with E-state index < -0.39 is 105 Å². The molecule has 15 nitrogen and oxygen atoms in total. The topological polar surface area (TPSA) is 263 Å². The van der Waals surface area contributed by atoms with E-state index in [1.165, 1.54) is 17.4 Å². The van der Waals surface area contributed by atoms with Gasteiger partial charge < -0.3 is 71.3 Å². The molecule has 2 heterocycles. The van der Waals surface area contributed by atoms with Crippen LogP contribution in [0.5, 0.6) is 0 Å². The molecule has 276 valence electrons. The average molecular weight is 688 g/mol. The molecule has 3 fully saturated rings. The zero-order valence-electron chi connectivity index (χ0n) is 28.2. The first-order valence-electron chi connectivity index (χ1n) is 16.6. The van der Waals surface area contributed by atoms with E-state index in [1.54, 1.807) is 6.08 Å². The van der Waals surface area contributed by atoms with Crippen LogP contribution < -0.4 is 11.5 Å². The third-order valence-corrected chi connectivity index (χ3v) is 9.08. The Hall–Kier alpha value is -1.67. The molecule has 2 aliphatic heterocycles. The van der Waals surface area contributed by atoms with Gasteiger partial charge in [-0.05, 0) is 65.9 Å². The molecule has 0 aromatic rings. The van der Waals surface area contributed by atoms with Crippen LogP contribution in [-0.2, 0) is 18.9 Å². The number of aliphatic imine (C=N–C) groups is 1. The highest BCUT2D eigenvalue weighted by molar-refractivity contribution is 5.72. The lowest BCUT2D eigenvalue weighted by Crippen LogP contribution is -2.67. The zero-order valence-corrected chi connectivity index (χ0v) is 28.2. The summed E-state index contributed by atoms with van der Waals surface area (Å²) in [5.74, 6) is 0. The Morgan fingerprint density at radius 2 is 1.21 bits per heavy atom. The molecule has 3 aliphatic rings. The molecular formula is C33H57N3O12. The van der Waals surface area contributed by atoms with E-state index >= 15 is 0 Å². The lowest BCUT2D eigenvalue weighted by atomic mass is 9.84. The monoisotopic (exact) mass is 687 g/mol. The summed E-state index contributed by atoms with van der Waals surface area (Å²) in [4.78, 5) is 4.36. The number of rotatable bonds is 14. The highest BCUT2D eigenvalue weighted by Crippen LogP contribution is 2.32. The average Bonchev–Trinajstić information content (AvgIpc) is 3.03. The maximum Gasteiger partial charge on any atom is 0.187 e. The maximum absolute atomic E-state index is 11.3. The minimum atomic E-state index is -1.73. The van der Waals surface area contributed by atoms with Crippen molar-refractivity contribution in [3.05, 3.63) is 34.9 Å². The van der Waals surface area contributed by atoms with Crippen LogP contribution in [0.15, 0.2) is 39.9 Å². The number of allylic oxidation sites excluding steroid dienone is 6. The Kier molecular flexibility index (Phi) is 16.2. The minimum absolute atomic E-state index is 0.0501. The number of hydrogen-bond acceptors (Lipinski definition) is 15. The quantitative estimate of drug-likeness (QED) is 0.0719. The third kappa shape index (κ3) is 10.7. The standard InChI is InChI=1S/C33H57N3O12/c1-16(2)7-5-8-17(3)9-6-10-18(4)11-12-36-23-24(39)21(14-37)45-32(26(23)41)47-30-19(34)13-20(35)31(29(30)44)48-33-28(43)27(42)25(40)22(15-38)46-33/h7,9,11-12,19-33,37-44H,5-6,8,10,13-15,34-35H2,1-4H3/b17-9+,18-11+,36-12+/t19?,20?,21?,22?,23?,24?,25?,26?,27?,28?,29?,30?,31-,32?,33?/m0/s1. The van der Waals surface area contributed by atoms with Crippen LogP contribution in [0.25, 0.3) is 0 Å². The summed E-state index contributed by atoms with van der Waals surface area (Å²) >= 11 is 0. The Bertz CT molecular complexity index is 1120. The zero-order chi connectivity index (χ0) is 35.7. The molecule has 14 unspecified atom stereocenters. The first-order chi connectivity index (χ1) is 22.7. The summed E-state index contributed by atoms with van der Waals surface area (Å²) in [5.41, 5.74) is 16.2. The fraction of sp³-hybridized carbons (Fsp3) is 0.788. The van der Waals surface area contributed by atoms with Gasteiger partial charge in [0.25, 0.3) is 0 Å². The van der Waals surface area contributed by atoms with Crippen molar-refractivity contribution in [2.45, 2.75) is 152 Å². The van der Waals surface area contributed by atoms with Crippen molar-refractivity contribution in [1.82, 2.24) is 0 Å². The van der Waals surface area contributed by atoms with Crippen molar-refractivity contribution in [3.8, 4) is 0 Å². The molecular weight excluding hydrogens is 630 g/mol. The van der Waals surface area contributed by atoms with Gasteiger partial charge in [-0.3, -0.25) is 4.99 Å². The second-order valence-corrected chi connectivity index (χ2v) is 13.4. The molecule has 12 N–H and O–H groups in total. The van der Waals surface area contributed by atoms with E-state index in [2.05, 4.69) is 37.9 Å². The smallest absolute Gasteiger partial charge is 0.187 e. The molecule has 0 aromatic heterocycles. The second-order valence-electron chi connectivity index (χ2n) is 13.4. The third-order valence-electron chi connectivity index (χ3n) is 9.08. The predicted octanol–water partition coefficient (Wildman–Crippen LogP) is -1.73. The van der Waals surface area contributed by atoms with Gasteiger partial charge in [0, 0.05) is 18.3 Å². The van der Waals surface area contributed by atoms with E-state index in [-0.39, 0.29) is 6.42 Å². The number of aliphatic hydroxyl groups is 8. The maximum atomic E-state index is 11.3. The van der Waals surface area contributed by atoms with Crippen LogP contribution in [0.1, 0.15) is 59.8 Å². The van der Waals surface area contributed by atoms with Gasteiger partial charge in [0.15, 0.2) is 12.6 Å². The molecule has 0 bridgehead atoms. The molecule has 0 amide bonds. The fourth-order valence-corrected chi connectivity index (χ4v) is 6.07. The van der Waals surface area contributed by atoms with Crippen molar-refractivity contribution in [1.29, 1.82) is 0 Å². The second kappa shape index (κ2) is 19.1. The Morgan fingerprint density at radius 3 is 1.77 bits per heavy atom. The summed E-state index contributed by atoms with van der Waals surface area (Å²) in [7, 11) is 0. The van der Waals surface area contributed by atoms with Gasteiger partial charge >= 0.3 is 0 Å². The van der Waals surface area contributed by atoms with Crippen LogP contribution in [-0.4, -0.2) is 152 Å². The summed E-state index contributed by atoms with van der Waals surface area (Å²) in [6.07, 6.45) is -6.10. The normalized spacial score (nSPS) is 41.5. The number of ether oxygens (including phenoxy) is 4. The van der Waals surface area contributed by atoms with Crippen molar-refractivity contribution in [2.75, 3.05) is 13.2 Å². The minimum Gasteiger partial charge on any atom is -0.394 e. The number of hydrogen-bond donors (Lipinski definition) is 10. The van der Waals surface area contributed by atoms with Crippen LogP contribution >= 0.6 is 0 Å². The van der Waals surface area contributed by atoms with Gasteiger partial charge in [-0.15, -0.1) is 0 Å². The predicted molar refractivity (Wildman–Crippen MR) is 176 cm³/mol. The summed E-state index contributed by atoms with van der Waals surface area (Å²) in [6.45, 7) is 6.95. The van der Waals surface area contributed by atoms with Crippen molar-refractivity contribution >= 4 is 6.21 Å². The van der Waals surface area contributed by atoms with E-state index in [9.17, 15) is 40.9 Å². The van der Waals surface area contributed by atoms with E-state index in [4.69, 9.17) is 30.4 Å².